The van der Waals surface area contributed by atoms with E-state index in [0.717, 1.165) is 10.5 Å². The predicted octanol–water partition coefficient (Wildman–Crippen LogP) is 2.59. The zero-order valence-electron chi connectivity index (χ0n) is 11.2. The number of nitrogens with zero attached hydrogens (tertiary/aromatic N) is 1. The molecule has 0 bridgehead atoms. The van der Waals surface area contributed by atoms with Crippen LogP contribution in [0, 0.1) is 0 Å². The predicted molar refractivity (Wildman–Crippen MR) is 75.3 cm³/mol. The van der Waals surface area contributed by atoms with Crippen LogP contribution in [0.25, 0.3) is 0 Å². The normalized spacial score (nSPS) is 27.2. The highest BCUT2D eigenvalue weighted by Gasteiger charge is 2.21. The van der Waals surface area contributed by atoms with Crippen LogP contribution in [0.15, 0.2) is 0 Å². The van der Waals surface area contributed by atoms with Crippen molar-refractivity contribution >= 4 is 11.8 Å². The molecular formula is C13H28N2S. The molecule has 2 atom stereocenters. The van der Waals surface area contributed by atoms with Crippen molar-refractivity contribution in [3.05, 3.63) is 0 Å². The van der Waals surface area contributed by atoms with Crippen molar-refractivity contribution in [1.29, 1.82) is 0 Å². The van der Waals surface area contributed by atoms with E-state index in [-0.39, 0.29) is 0 Å². The summed E-state index contributed by atoms with van der Waals surface area (Å²) in [6.07, 6.45) is 5.50. The third kappa shape index (κ3) is 6.12. The lowest BCUT2D eigenvalue weighted by Crippen LogP contribution is -2.40. The van der Waals surface area contributed by atoms with Gasteiger partial charge in [0.2, 0.25) is 0 Å². The number of hydrogen-bond donors (Lipinski definition) is 1. The number of nitrogens with one attached hydrogen (secondary N) is 1. The summed E-state index contributed by atoms with van der Waals surface area (Å²) in [5.74, 6) is 0. The number of thioether (sulfide) groups is 1. The van der Waals surface area contributed by atoms with Gasteiger partial charge in [0.25, 0.3) is 0 Å². The molecule has 0 aromatic carbocycles. The summed E-state index contributed by atoms with van der Waals surface area (Å²) >= 11 is 2.15. The second kappa shape index (κ2) is 8.37. The smallest absolute Gasteiger partial charge is 0.0149 e. The summed E-state index contributed by atoms with van der Waals surface area (Å²) in [5, 5.41) is 4.86. The number of rotatable bonds is 7. The SMILES string of the molecule is CNCCCCCCN1CC(C)SC(C)C1. The maximum Gasteiger partial charge on any atom is 0.0149 e. The summed E-state index contributed by atoms with van der Waals surface area (Å²) < 4.78 is 0. The Morgan fingerprint density at radius 1 is 1.06 bits per heavy atom. The summed E-state index contributed by atoms with van der Waals surface area (Å²) in [7, 11) is 2.04. The summed E-state index contributed by atoms with van der Waals surface area (Å²) in [4.78, 5) is 2.66. The third-order valence-corrected chi connectivity index (χ3v) is 4.37. The van der Waals surface area contributed by atoms with E-state index in [0.29, 0.717) is 0 Å². The second-order valence-corrected chi connectivity index (χ2v) is 6.92. The summed E-state index contributed by atoms with van der Waals surface area (Å²) in [6.45, 7) is 9.81. The molecule has 1 aliphatic rings. The van der Waals surface area contributed by atoms with Gasteiger partial charge in [-0.05, 0) is 33.0 Å². The van der Waals surface area contributed by atoms with Crippen LogP contribution in [0.3, 0.4) is 0 Å². The molecule has 96 valence electrons. The number of unbranched alkanes of at least 4 members (excludes halogenated alkanes) is 3. The third-order valence-electron chi connectivity index (χ3n) is 3.15. The summed E-state index contributed by atoms with van der Waals surface area (Å²) in [5.41, 5.74) is 0. The fourth-order valence-corrected chi connectivity index (χ4v) is 3.84. The molecule has 0 radical (unpaired) electrons. The van der Waals surface area contributed by atoms with Gasteiger partial charge in [0.05, 0.1) is 0 Å². The van der Waals surface area contributed by atoms with Crippen LogP contribution in [-0.2, 0) is 0 Å². The van der Waals surface area contributed by atoms with Crippen molar-refractivity contribution in [3.8, 4) is 0 Å². The molecule has 0 amide bonds. The Morgan fingerprint density at radius 2 is 1.69 bits per heavy atom. The first-order valence-corrected chi connectivity index (χ1v) is 7.69. The van der Waals surface area contributed by atoms with Crippen molar-refractivity contribution in [2.75, 3.05) is 33.2 Å². The fraction of sp³-hybridized carbons (Fsp3) is 1.00. The zero-order valence-corrected chi connectivity index (χ0v) is 12.0. The van der Waals surface area contributed by atoms with Crippen LogP contribution < -0.4 is 5.32 Å². The Hall–Kier alpha value is 0.270. The average Bonchev–Trinajstić information content (AvgIpc) is 2.22. The van der Waals surface area contributed by atoms with Gasteiger partial charge in [0, 0.05) is 23.6 Å². The molecule has 1 fully saturated rings. The van der Waals surface area contributed by atoms with Gasteiger partial charge >= 0.3 is 0 Å². The molecule has 0 aromatic heterocycles. The highest BCUT2D eigenvalue weighted by molar-refractivity contribution is 8.00. The summed E-state index contributed by atoms with van der Waals surface area (Å²) in [6, 6.07) is 0. The van der Waals surface area contributed by atoms with E-state index in [1.807, 2.05) is 7.05 Å². The Balaban J connectivity index is 1.99. The highest BCUT2D eigenvalue weighted by Crippen LogP contribution is 2.24. The van der Waals surface area contributed by atoms with Gasteiger partial charge < -0.3 is 10.2 Å². The molecule has 1 rings (SSSR count). The van der Waals surface area contributed by atoms with Crippen molar-refractivity contribution in [3.63, 3.8) is 0 Å². The number of hydrogen-bond acceptors (Lipinski definition) is 3. The van der Waals surface area contributed by atoms with E-state index in [1.54, 1.807) is 0 Å². The van der Waals surface area contributed by atoms with Gasteiger partial charge in [-0.3, -0.25) is 0 Å². The molecule has 0 aromatic rings. The molecule has 1 heterocycles. The second-order valence-electron chi connectivity index (χ2n) is 5.03. The Labute approximate surface area is 106 Å². The fourth-order valence-electron chi connectivity index (χ4n) is 2.46. The van der Waals surface area contributed by atoms with E-state index >= 15 is 0 Å². The molecule has 0 saturated carbocycles. The lowest BCUT2D eigenvalue weighted by molar-refractivity contribution is 0.264. The first-order valence-electron chi connectivity index (χ1n) is 6.74. The monoisotopic (exact) mass is 244 g/mol. The molecule has 1 saturated heterocycles. The van der Waals surface area contributed by atoms with Crippen LogP contribution in [0.5, 0.6) is 0 Å². The van der Waals surface area contributed by atoms with E-state index in [9.17, 15) is 0 Å². The standard InChI is InChI=1S/C13H28N2S/c1-12-10-15(11-13(2)16-12)9-7-5-4-6-8-14-3/h12-14H,4-11H2,1-3H3. The van der Waals surface area contributed by atoms with E-state index in [4.69, 9.17) is 0 Å². The largest absolute Gasteiger partial charge is 0.320 e. The van der Waals surface area contributed by atoms with Crippen LogP contribution in [-0.4, -0.2) is 48.6 Å². The van der Waals surface area contributed by atoms with E-state index in [1.165, 1.54) is 51.9 Å². The van der Waals surface area contributed by atoms with E-state index < -0.39 is 0 Å². The van der Waals surface area contributed by atoms with Crippen LogP contribution >= 0.6 is 11.8 Å². The van der Waals surface area contributed by atoms with Crippen molar-refractivity contribution < 1.29 is 0 Å². The molecule has 2 unspecified atom stereocenters. The lowest BCUT2D eigenvalue weighted by Gasteiger charge is -2.34. The van der Waals surface area contributed by atoms with Gasteiger partial charge in [0.15, 0.2) is 0 Å². The molecule has 1 N–H and O–H groups in total. The first-order chi connectivity index (χ1) is 7.72. The molecule has 0 spiro atoms. The Bertz CT molecular complexity index is 165. The average molecular weight is 244 g/mol. The molecule has 0 aliphatic carbocycles. The molecule has 2 nitrogen and oxygen atoms in total. The van der Waals surface area contributed by atoms with Crippen molar-refractivity contribution in [1.82, 2.24) is 10.2 Å². The molecular weight excluding hydrogens is 216 g/mol. The minimum Gasteiger partial charge on any atom is -0.320 e. The maximum atomic E-state index is 3.21. The van der Waals surface area contributed by atoms with Gasteiger partial charge in [-0.15, -0.1) is 0 Å². The van der Waals surface area contributed by atoms with Gasteiger partial charge in [-0.1, -0.05) is 26.7 Å². The first kappa shape index (κ1) is 14.3. The minimum absolute atomic E-state index is 0.827. The molecule has 1 aliphatic heterocycles. The zero-order chi connectivity index (χ0) is 11.8. The Morgan fingerprint density at radius 3 is 2.31 bits per heavy atom. The molecule has 3 heteroatoms. The van der Waals surface area contributed by atoms with Crippen LogP contribution in [0.1, 0.15) is 39.5 Å². The van der Waals surface area contributed by atoms with E-state index in [2.05, 4.69) is 35.8 Å². The Kier molecular flexibility index (Phi) is 7.50. The van der Waals surface area contributed by atoms with Crippen LogP contribution in [0.4, 0.5) is 0 Å². The van der Waals surface area contributed by atoms with Gasteiger partial charge in [-0.2, -0.15) is 11.8 Å². The van der Waals surface area contributed by atoms with Gasteiger partial charge in [0.1, 0.15) is 0 Å². The topological polar surface area (TPSA) is 15.3 Å². The minimum atomic E-state index is 0.827. The van der Waals surface area contributed by atoms with Crippen molar-refractivity contribution in [2.24, 2.45) is 0 Å². The highest BCUT2D eigenvalue weighted by atomic mass is 32.2. The quantitative estimate of drug-likeness (QED) is 0.693. The van der Waals surface area contributed by atoms with Gasteiger partial charge in [-0.25, -0.2) is 0 Å². The van der Waals surface area contributed by atoms with Crippen LogP contribution in [0.2, 0.25) is 0 Å². The molecule has 16 heavy (non-hydrogen) atoms. The maximum absolute atomic E-state index is 3.21. The lowest BCUT2D eigenvalue weighted by atomic mass is 10.2. The van der Waals surface area contributed by atoms with Crippen molar-refractivity contribution in [2.45, 2.75) is 50.0 Å².